The molecule has 0 saturated heterocycles. The molecule has 0 atom stereocenters. The van der Waals surface area contributed by atoms with Crippen molar-refractivity contribution in [3.8, 4) is 0 Å². The number of hydrogen-bond acceptors (Lipinski definition) is 2. The molecule has 1 aliphatic rings. The molecule has 1 fully saturated rings. The second-order valence-corrected chi connectivity index (χ2v) is 6.51. The molecule has 0 radical (unpaired) electrons. The number of hydrogen-bond donors (Lipinski definition) is 1. The zero-order valence-corrected chi connectivity index (χ0v) is 12.5. The summed E-state index contributed by atoms with van der Waals surface area (Å²) in [5, 5.41) is 2.59. The van der Waals surface area contributed by atoms with Gasteiger partial charge in [0.1, 0.15) is 0 Å². The summed E-state index contributed by atoms with van der Waals surface area (Å²) in [5.41, 5.74) is 9.06. The van der Waals surface area contributed by atoms with E-state index in [1.807, 2.05) is 12.4 Å². The topological polar surface area (TPSA) is 38.9 Å². The largest absolute Gasteiger partial charge is 0.330 e. The van der Waals surface area contributed by atoms with Gasteiger partial charge in [0.05, 0.1) is 0 Å². The van der Waals surface area contributed by atoms with Crippen LogP contribution in [0.2, 0.25) is 0 Å². The number of benzene rings is 1. The summed E-state index contributed by atoms with van der Waals surface area (Å²) in [6.07, 6.45) is 9.06. The average Bonchev–Trinajstić information content (AvgIpc) is 2.96. The third kappa shape index (κ3) is 2.12. The van der Waals surface area contributed by atoms with E-state index in [0.29, 0.717) is 5.92 Å². The molecule has 0 amide bonds. The number of rotatable bonds is 3. The minimum absolute atomic E-state index is 0.210. The Hall–Kier alpha value is -1.41. The van der Waals surface area contributed by atoms with Crippen LogP contribution in [0.15, 0.2) is 30.6 Å². The van der Waals surface area contributed by atoms with Crippen LogP contribution in [0.5, 0.6) is 0 Å². The van der Waals surface area contributed by atoms with Crippen LogP contribution in [-0.2, 0) is 5.41 Å². The van der Waals surface area contributed by atoms with Crippen molar-refractivity contribution in [1.29, 1.82) is 0 Å². The standard InChI is InChI=1S/C18H24N2/c1-13(2)17-11-20-10-14-9-15(5-6-16(14)17)18(12-19)7-3-4-8-18/h5-6,9-11,13H,3-4,7-8,12,19H2,1-2H3. The lowest BCUT2D eigenvalue weighted by Crippen LogP contribution is -2.31. The van der Waals surface area contributed by atoms with E-state index in [9.17, 15) is 0 Å². The van der Waals surface area contributed by atoms with Crippen LogP contribution in [0, 0.1) is 0 Å². The van der Waals surface area contributed by atoms with Crippen LogP contribution in [0.3, 0.4) is 0 Å². The van der Waals surface area contributed by atoms with Crippen molar-refractivity contribution in [3.63, 3.8) is 0 Å². The number of pyridine rings is 1. The Balaban J connectivity index is 2.12. The smallest absolute Gasteiger partial charge is 0.0346 e. The Morgan fingerprint density at radius 1 is 1.20 bits per heavy atom. The molecule has 0 spiro atoms. The molecule has 106 valence electrons. The van der Waals surface area contributed by atoms with E-state index in [0.717, 1.165) is 6.54 Å². The van der Waals surface area contributed by atoms with Crippen LogP contribution in [-0.4, -0.2) is 11.5 Å². The summed E-state index contributed by atoms with van der Waals surface area (Å²) < 4.78 is 0. The molecule has 1 saturated carbocycles. The fourth-order valence-corrected chi connectivity index (χ4v) is 3.65. The van der Waals surface area contributed by atoms with Crippen molar-refractivity contribution < 1.29 is 0 Å². The van der Waals surface area contributed by atoms with Gasteiger partial charge in [0.2, 0.25) is 0 Å². The second-order valence-electron chi connectivity index (χ2n) is 6.51. The highest BCUT2D eigenvalue weighted by molar-refractivity contribution is 5.86. The number of aromatic nitrogens is 1. The highest BCUT2D eigenvalue weighted by Crippen LogP contribution is 2.41. The molecular weight excluding hydrogens is 244 g/mol. The first-order chi connectivity index (χ1) is 9.66. The van der Waals surface area contributed by atoms with Gasteiger partial charge in [0.25, 0.3) is 0 Å². The van der Waals surface area contributed by atoms with Crippen LogP contribution < -0.4 is 5.73 Å². The lowest BCUT2D eigenvalue weighted by molar-refractivity contribution is 0.453. The molecule has 20 heavy (non-hydrogen) atoms. The molecule has 2 nitrogen and oxygen atoms in total. The Bertz CT molecular complexity index is 610. The second kappa shape index (κ2) is 5.17. The lowest BCUT2D eigenvalue weighted by Gasteiger charge is -2.28. The van der Waals surface area contributed by atoms with E-state index in [1.54, 1.807) is 0 Å². The van der Waals surface area contributed by atoms with Crippen molar-refractivity contribution >= 4 is 10.8 Å². The number of nitrogens with two attached hydrogens (primary N) is 1. The molecule has 2 aromatic rings. The maximum absolute atomic E-state index is 6.11. The van der Waals surface area contributed by atoms with Crippen LogP contribution in [0.4, 0.5) is 0 Å². The summed E-state index contributed by atoms with van der Waals surface area (Å²) in [6, 6.07) is 6.90. The molecule has 0 bridgehead atoms. The molecule has 0 unspecified atom stereocenters. The first-order valence-electron chi connectivity index (χ1n) is 7.74. The SMILES string of the molecule is CC(C)c1cncc2cc(C3(CN)CCCC3)ccc12. The van der Waals surface area contributed by atoms with Crippen LogP contribution in [0.1, 0.15) is 56.6 Å². The predicted molar refractivity (Wildman–Crippen MR) is 85.0 cm³/mol. The highest BCUT2D eigenvalue weighted by Gasteiger charge is 2.34. The third-order valence-electron chi connectivity index (χ3n) is 4.98. The third-order valence-corrected chi connectivity index (χ3v) is 4.98. The van der Waals surface area contributed by atoms with Gasteiger partial charge in [-0.25, -0.2) is 0 Å². The Morgan fingerprint density at radius 3 is 2.60 bits per heavy atom. The summed E-state index contributed by atoms with van der Waals surface area (Å²) in [7, 11) is 0. The van der Waals surface area contributed by atoms with E-state index in [-0.39, 0.29) is 5.41 Å². The molecule has 0 aliphatic heterocycles. The van der Waals surface area contributed by atoms with Gasteiger partial charge in [-0.3, -0.25) is 4.98 Å². The Kier molecular flexibility index (Phi) is 3.51. The summed E-state index contributed by atoms with van der Waals surface area (Å²) >= 11 is 0. The zero-order chi connectivity index (χ0) is 14.2. The maximum Gasteiger partial charge on any atom is 0.0346 e. The molecule has 1 aliphatic carbocycles. The molecular formula is C18H24N2. The van der Waals surface area contributed by atoms with Crippen LogP contribution >= 0.6 is 0 Å². The molecule has 2 N–H and O–H groups in total. The van der Waals surface area contributed by atoms with Gasteiger partial charge in [0.15, 0.2) is 0 Å². The summed E-state index contributed by atoms with van der Waals surface area (Å²) in [6.45, 7) is 5.21. The van der Waals surface area contributed by atoms with Gasteiger partial charge >= 0.3 is 0 Å². The van der Waals surface area contributed by atoms with Gasteiger partial charge in [-0.2, -0.15) is 0 Å². The molecule has 3 rings (SSSR count). The van der Waals surface area contributed by atoms with Gasteiger partial charge in [0, 0.05) is 29.7 Å². The maximum atomic E-state index is 6.11. The fraction of sp³-hybridized carbons (Fsp3) is 0.500. The summed E-state index contributed by atoms with van der Waals surface area (Å²) in [5.74, 6) is 0.506. The van der Waals surface area contributed by atoms with Crippen molar-refractivity contribution in [3.05, 3.63) is 41.7 Å². The van der Waals surface area contributed by atoms with Gasteiger partial charge in [-0.1, -0.05) is 38.8 Å². The van der Waals surface area contributed by atoms with Crippen molar-refractivity contribution in [2.45, 2.75) is 50.9 Å². The lowest BCUT2D eigenvalue weighted by atomic mass is 9.78. The highest BCUT2D eigenvalue weighted by atomic mass is 14.6. The Labute approximate surface area is 121 Å². The minimum Gasteiger partial charge on any atom is -0.330 e. The van der Waals surface area contributed by atoms with Gasteiger partial charge in [-0.15, -0.1) is 0 Å². The number of fused-ring (bicyclic) bond motifs is 1. The van der Waals surface area contributed by atoms with Crippen molar-refractivity contribution in [2.75, 3.05) is 6.54 Å². The van der Waals surface area contributed by atoms with E-state index in [2.05, 4.69) is 37.0 Å². The first-order valence-corrected chi connectivity index (χ1v) is 7.74. The number of nitrogens with zero attached hydrogens (tertiary/aromatic N) is 1. The average molecular weight is 268 g/mol. The minimum atomic E-state index is 0.210. The first kappa shape index (κ1) is 13.6. The van der Waals surface area contributed by atoms with Crippen molar-refractivity contribution in [2.24, 2.45) is 5.73 Å². The monoisotopic (exact) mass is 268 g/mol. The van der Waals surface area contributed by atoms with E-state index in [1.165, 1.54) is 47.6 Å². The molecule has 1 aromatic carbocycles. The normalized spacial score (nSPS) is 18.0. The molecule has 1 aromatic heterocycles. The fourth-order valence-electron chi connectivity index (χ4n) is 3.65. The zero-order valence-electron chi connectivity index (χ0n) is 12.5. The van der Waals surface area contributed by atoms with E-state index in [4.69, 9.17) is 5.73 Å². The molecule has 2 heteroatoms. The predicted octanol–water partition coefficient (Wildman–Crippen LogP) is 4.13. The quantitative estimate of drug-likeness (QED) is 0.909. The van der Waals surface area contributed by atoms with E-state index < -0.39 is 0 Å². The van der Waals surface area contributed by atoms with Gasteiger partial charge in [-0.05, 0) is 41.3 Å². The van der Waals surface area contributed by atoms with Gasteiger partial charge < -0.3 is 5.73 Å². The Morgan fingerprint density at radius 2 is 1.95 bits per heavy atom. The van der Waals surface area contributed by atoms with Crippen LogP contribution in [0.25, 0.3) is 10.8 Å². The van der Waals surface area contributed by atoms with Crippen molar-refractivity contribution in [1.82, 2.24) is 4.98 Å². The van der Waals surface area contributed by atoms with E-state index >= 15 is 0 Å². The molecule has 1 heterocycles. The summed E-state index contributed by atoms with van der Waals surface area (Å²) in [4.78, 5) is 4.42.